The molecular formula is C27H25NO5S2. The third-order valence-corrected chi connectivity index (χ3v) is 7.24. The first-order chi connectivity index (χ1) is 16.7. The molecule has 0 amide bonds. The van der Waals surface area contributed by atoms with E-state index in [2.05, 4.69) is 15.2 Å². The van der Waals surface area contributed by atoms with E-state index < -0.39 is 10.1 Å². The molecule has 5 rings (SSSR count). The van der Waals surface area contributed by atoms with E-state index >= 15 is 0 Å². The number of carbonyl (C=O) groups is 1. The van der Waals surface area contributed by atoms with E-state index in [0.29, 0.717) is 11.8 Å². The number of hydrogen-bond acceptors (Lipinski definition) is 7. The van der Waals surface area contributed by atoms with Gasteiger partial charge in [-0.1, -0.05) is 60.2 Å². The van der Waals surface area contributed by atoms with Crippen LogP contribution in [0.25, 0.3) is 21.0 Å². The van der Waals surface area contributed by atoms with Crippen molar-refractivity contribution in [3.05, 3.63) is 101 Å². The van der Waals surface area contributed by atoms with Crippen LogP contribution in [-0.4, -0.2) is 31.9 Å². The van der Waals surface area contributed by atoms with Gasteiger partial charge >= 0.3 is 0 Å². The number of thiazole rings is 1. The minimum Gasteiger partial charge on any atom is -0.507 e. The quantitative estimate of drug-likeness (QED) is 0.228. The lowest BCUT2D eigenvalue weighted by Crippen LogP contribution is -2.02. The van der Waals surface area contributed by atoms with Gasteiger partial charge in [0.05, 0.1) is 32.8 Å². The summed E-state index contributed by atoms with van der Waals surface area (Å²) in [5, 5.41) is 12.3. The monoisotopic (exact) mass is 507 g/mol. The highest BCUT2D eigenvalue weighted by Gasteiger charge is 2.11. The van der Waals surface area contributed by atoms with Gasteiger partial charge in [-0.15, -0.1) is 11.3 Å². The second kappa shape index (κ2) is 11.7. The highest BCUT2D eigenvalue weighted by Crippen LogP contribution is 2.25. The smallest absolute Gasteiger partial charge is 0.296 e. The Hall–Kier alpha value is -3.59. The van der Waals surface area contributed by atoms with Gasteiger partial charge in [0, 0.05) is 0 Å². The first kappa shape index (κ1) is 26.0. The Morgan fingerprint density at radius 1 is 0.886 bits per heavy atom. The maximum Gasteiger partial charge on any atom is 0.296 e. The summed E-state index contributed by atoms with van der Waals surface area (Å²) < 4.78 is 27.8. The van der Waals surface area contributed by atoms with Crippen LogP contribution in [0.2, 0.25) is 0 Å². The van der Waals surface area contributed by atoms with Crippen LogP contribution in [0.3, 0.4) is 0 Å². The lowest BCUT2D eigenvalue weighted by atomic mass is 10.0. The Morgan fingerprint density at radius 2 is 1.54 bits per heavy atom. The topological polar surface area (TPSA) is 93.6 Å². The van der Waals surface area contributed by atoms with E-state index in [9.17, 15) is 18.3 Å². The van der Waals surface area contributed by atoms with Crippen molar-refractivity contribution in [3.63, 3.8) is 0 Å². The minimum absolute atomic E-state index is 0.0358. The number of aromatic hydroxyl groups is 1. The summed E-state index contributed by atoms with van der Waals surface area (Å²) in [5.41, 5.74) is 2.49. The average molecular weight is 508 g/mol. The first-order valence-electron chi connectivity index (χ1n) is 10.6. The lowest BCUT2D eigenvalue weighted by molar-refractivity contribution is 0.112. The zero-order valence-electron chi connectivity index (χ0n) is 19.5. The number of para-hydroxylation sites is 1. The number of aryl methyl sites for hydroxylation is 2. The van der Waals surface area contributed by atoms with Gasteiger partial charge in [0.25, 0.3) is 10.1 Å². The summed E-state index contributed by atoms with van der Waals surface area (Å²) in [6, 6.07) is 25.5. The molecule has 35 heavy (non-hydrogen) atoms. The standard InChI is InChI=1S/C11H8O2.C8H7NS.C8H10O3S/c12-7-10-9-4-2-1-3-8(9)5-6-11(10)13;1-6-9-7-4-2-3-5-8(7)10-6;1-7-3-5-8(6-4-7)12(9,10)11-2/h1-7,13H;2-5H,1H3;3-6H,1-2H3. The predicted octanol–water partition coefficient (Wildman–Crippen LogP) is 6.29. The Morgan fingerprint density at radius 3 is 2.20 bits per heavy atom. The van der Waals surface area contributed by atoms with Crippen molar-refractivity contribution >= 4 is 48.7 Å². The SMILES string of the molecule is COS(=O)(=O)c1ccc(C)cc1.Cc1nc2ccccc2s1.O=Cc1c(O)ccc2ccccc12. The molecule has 0 aliphatic rings. The second-order valence-electron chi connectivity index (χ2n) is 7.47. The minimum atomic E-state index is -3.51. The summed E-state index contributed by atoms with van der Waals surface area (Å²) in [6.07, 6.45) is 0.678. The summed E-state index contributed by atoms with van der Waals surface area (Å²) in [5.74, 6) is 0.0358. The van der Waals surface area contributed by atoms with Crippen molar-refractivity contribution < 1.29 is 22.5 Å². The molecule has 0 bridgehead atoms. The van der Waals surface area contributed by atoms with Gasteiger partial charge in [-0.3, -0.25) is 8.98 Å². The molecule has 180 valence electrons. The van der Waals surface area contributed by atoms with Crippen LogP contribution in [0.15, 0.2) is 89.8 Å². The fourth-order valence-corrected chi connectivity index (χ4v) is 4.69. The van der Waals surface area contributed by atoms with Crippen LogP contribution >= 0.6 is 11.3 Å². The lowest BCUT2D eigenvalue weighted by Gasteiger charge is -2.01. The van der Waals surface area contributed by atoms with E-state index in [1.54, 1.807) is 29.5 Å². The van der Waals surface area contributed by atoms with Gasteiger partial charge in [0.2, 0.25) is 0 Å². The molecule has 0 unspecified atom stereocenters. The largest absolute Gasteiger partial charge is 0.507 e. The Labute approximate surface area is 208 Å². The number of fused-ring (bicyclic) bond motifs is 2. The van der Waals surface area contributed by atoms with Crippen LogP contribution in [0.4, 0.5) is 0 Å². The molecule has 8 heteroatoms. The van der Waals surface area contributed by atoms with Crippen molar-refractivity contribution in [2.75, 3.05) is 7.11 Å². The van der Waals surface area contributed by atoms with Crippen LogP contribution in [0.5, 0.6) is 5.75 Å². The molecule has 0 saturated carbocycles. The van der Waals surface area contributed by atoms with Crippen molar-refractivity contribution in [1.82, 2.24) is 4.98 Å². The van der Waals surface area contributed by atoms with E-state index in [-0.39, 0.29) is 10.6 Å². The van der Waals surface area contributed by atoms with Crippen LogP contribution in [0, 0.1) is 13.8 Å². The Bertz CT molecular complexity index is 1510. The van der Waals surface area contributed by atoms with Crippen LogP contribution < -0.4 is 0 Å². The van der Waals surface area contributed by atoms with Crippen LogP contribution in [0.1, 0.15) is 20.9 Å². The number of nitrogens with zero attached hydrogens (tertiary/aromatic N) is 1. The fourth-order valence-electron chi connectivity index (χ4n) is 3.20. The number of phenols is 1. The molecule has 0 spiro atoms. The normalized spacial score (nSPS) is 10.7. The molecule has 0 saturated heterocycles. The molecule has 1 heterocycles. The average Bonchev–Trinajstić information content (AvgIpc) is 3.25. The molecule has 0 fully saturated rings. The van der Waals surface area contributed by atoms with Gasteiger partial charge in [-0.25, -0.2) is 4.98 Å². The number of aldehydes is 1. The van der Waals surface area contributed by atoms with Gasteiger partial charge in [0.15, 0.2) is 6.29 Å². The summed E-state index contributed by atoms with van der Waals surface area (Å²) in [4.78, 5) is 15.2. The van der Waals surface area contributed by atoms with E-state index in [0.717, 1.165) is 34.0 Å². The molecule has 1 aromatic heterocycles. The van der Waals surface area contributed by atoms with Crippen LogP contribution in [-0.2, 0) is 14.3 Å². The molecular weight excluding hydrogens is 482 g/mol. The van der Waals surface area contributed by atoms with E-state index in [1.807, 2.05) is 56.3 Å². The number of phenolic OH excluding ortho intramolecular Hbond substituents is 1. The van der Waals surface area contributed by atoms with Gasteiger partial charge < -0.3 is 5.11 Å². The van der Waals surface area contributed by atoms with Crippen molar-refractivity contribution in [2.24, 2.45) is 0 Å². The molecule has 5 aromatic rings. The zero-order chi connectivity index (χ0) is 25.4. The van der Waals surface area contributed by atoms with Crippen molar-refractivity contribution in [2.45, 2.75) is 18.7 Å². The number of carbonyl (C=O) groups excluding carboxylic acids is 1. The highest BCUT2D eigenvalue weighted by molar-refractivity contribution is 7.86. The molecule has 0 aliphatic carbocycles. The molecule has 0 radical (unpaired) electrons. The Balaban J connectivity index is 0.000000148. The highest BCUT2D eigenvalue weighted by atomic mass is 32.2. The predicted molar refractivity (Wildman–Crippen MR) is 141 cm³/mol. The van der Waals surface area contributed by atoms with Gasteiger partial charge in [0.1, 0.15) is 5.75 Å². The maximum absolute atomic E-state index is 11.1. The zero-order valence-corrected chi connectivity index (χ0v) is 21.1. The molecule has 1 N–H and O–H groups in total. The molecule has 4 aromatic carbocycles. The number of hydrogen-bond donors (Lipinski definition) is 1. The summed E-state index contributed by atoms with van der Waals surface area (Å²) >= 11 is 1.74. The van der Waals surface area contributed by atoms with E-state index in [4.69, 9.17) is 0 Å². The van der Waals surface area contributed by atoms with E-state index in [1.165, 1.54) is 22.9 Å². The number of benzene rings is 4. The summed E-state index contributed by atoms with van der Waals surface area (Å²) in [6.45, 7) is 3.92. The van der Waals surface area contributed by atoms with Gasteiger partial charge in [-0.05, 0) is 55.0 Å². The third-order valence-electron chi connectivity index (χ3n) is 5.00. The third kappa shape index (κ3) is 6.73. The molecule has 0 aliphatic heterocycles. The summed E-state index contributed by atoms with van der Waals surface area (Å²) in [7, 11) is -2.37. The first-order valence-corrected chi connectivity index (χ1v) is 12.8. The fraction of sp³-hybridized carbons (Fsp3) is 0.111. The molecule has 6 nitrogen and oxygen atoms in total. The maximum atomic E-state index is 11.1. The number of rotatable bonds is 3. The second-order valence-corrected chi connectivity index (χ2v) is 10.4. The van der Waals surface area contributed by atoms with Crippen molar-refractivity contribution in [3.8, 4) is 5.75 Å². The van der Waals surface area contributed by atoms with Crippen molar-refractivity contribution in [1.29, 1.82) is 0 Å². The Kier molecular flexibility index (Phi) is 8.70. The number of aromatic nitrogens is 1. The molecule has 0 atom stereocenters. The van der Waals surface area contributed by atoms with Gasteiger partial charge in [-0.2, -0.15) is 8.42 Å².